The largest absolute Gasteiger partial charge is 0.444 e. The summed E-state index contributed by atoms with van der Waals surface area (Å²) in [4.78, 5) is 26.0. The fraction of sp³-hybridized carbons (Fsp3) is 0.556. The van der Waals surface area contributed by atoms with Gasteiger partial charge < -0.3 is 15.0 Å². The van der Waals surface area contributed by atoms with Crippen LogP contribution in [0.4, 0.5) is 4.79 Å². The average molecular weight is 397 g/mol. The Balaban J connectivity index is 1.76. The highest BCUT2D eigenvalue weighted by molar-refractivity contribution is 9.10. The number of halogens is 1. The van der Waals surface area contributed by atoms with E-state index < -0.39 is 5.60 Å². The van der Waals surface area contributed by atoms with Gasteiger partial charge in [-0.15, -0.1) is 0 Å². The number of piperidine rings is 1. The first kappa shape index (κ1) is 18.8. The van der Waals surface area contributed by atoms with Crippen molar-refractivity contribution < 1.29 is 14.3 Å². The van der Waals surface area contributed by atoms with E-state index in [0.29, 0.717) is 19.5 Å². The Morgan fingerprint density at radius 3 is 2.33 bits per heavy atom. The van der Waals surface area contributed by atoms with Gasteiger partial charge in [0, 0.05) is 23.6 Å². The van der Waals surface area contributed by atoms with Crippen molar-refractivity contribution in [2.75, 3.05) is 13.1 Å². The summed E-state index contributed by atoms with van der Waals surface area (Å²) in [5.41, 5.74) is 0.517. The summed E-state index contributed by atoms with van der Waals surface area (Å²) >= 11 is 3.39. The molecule has 0 aromatic heterocycles. The Labute approximate surface area is 151 Å². The fourth-order valence-electron chi connectivity index (χ4n) is 2.64. The van der Waals surface area contributed by atoms with Gasteiger partial charge in [0.25, 0.3) is 0 Å². The minimum absolute atomic E-state index is 0.0663. The number of amides is 2. The van der Waals surface area contributed by atoms with Crippen LogP contribution in [0.25, 0.3) is 0 Å². The minimum atomic E-state index is -0.495. The number of hydrogen-bond donors (Lipinski definition) is 1. The minimum Gasteiger partial charge on any atom is -0.444 e. The van der Waals surface area contributed by atoms with Crippen LogP contribution < -0.4 is 5.32 Å². The summed E-state index contributed by atoms with van der Waals surface area (Å²) in [5.74, 6) is 0.132. The topological polar surface area (TPSA) is 58.6 Å². The number of ether oxygens (including phenoxy) is 1. The van der Waals surface area contributed by atoms with Crippen LogP contribution in [-0.2, 0) is 16.0 Å². The second kappa shape index (κ2) is 8.01. The third-order valence-corrected chi connectivity index (χ3v) is 4.37. The molecule has 0 aliphatic carbocycles. The standard InChI is InChI=1S/C18H25BrN2O3/c1-18(2,3)24-17(23)20-15-8-10-21(11-9-15)16(22)12-13-4-6-14(19)7-5-13/h4-7,15H,8-12H2,1-3H3,(H,20,23). The molecular weight excluding hydrogens is 372 g/mol. The molecule has 0 spiro atoms. The van der Waals surface area contributed by atoms with Crippen LogP contribution in [0.1, 0.15) is 39.2 Å². The molecule has 24 heavy (non-hydrogen) atoms. The number of carbonyl (C=O) groups is 2. The highest BCUT2D eigenvalue weighted by Crippen LogP contribution is 2.15. The van der Waals surface area contributed by atoms with Gasteiger partial charge in [0.1, 0.15) is 5.60 Å². The number of nitrogens with zero attached hydrogens (tertiary/aromatic N) is 1. The van der Waals surface area contributed by atoms with Crippen LogP contribution in [-0.4, -0.2) is 41.6 Å². The van der Waals surface area contributed by atoms with Crippen LogP contribution in [0.2, 0.25) is 0 Å². The molecule has 2 amide bonds. The molecule has 6 heteroatoms. The predicted octanol–water partition coefficient (Wildman–Crippen LogP) is 3.51. The Kier molecular flexibility index (Phi) is 6.27. The maximum atomic E-state index is 12.4. The SMILES string of the molecule is CC(C)(C)OC(=O)NC1CCN(C(=O)Cc2ccc(Br)cc2)CC1. The van der Waals surface area contributed by atoms with Gasteiger partial charge in [0.2, 0.25) is 5.91 Å². The van der Waals surface area contributed by atoms with Crippen molar-refractivity contribution in [2.24, 2.45) is 0 Å². The molecule has 1 heterocycles. The van der Waals surface area contributed by atoms with Gasteiger partial charge in [-0.3, -0.25) is 4.79 Å². The van der Waals surface area contributed by atoms with E-state index in [4.69, 9.17) is 4.74 Å². The Hall–Kier alpha value is -1.56. The second-order valence-corrected chi connectivity index (χ2v) is 8.02. The Morgan fingerprint density at radius 1 is 1.21 bits per heavy atom. The van der Waals surface area contributed by atoms with E-state index in [1.165, 1.54) is 0 Å². The summed E-state index contributed by atoms with van der Waals surface area (Å²) in [5, 5.41) is 2.89. The first-order valence-electron chi connectivity index (χ1n) is 8.25. The van der Waals surface area contributed by atoms with E-state index in [1.54, 1.807) is 0 Å². The second-order valence-electron chi connectivity index (χ2n) is 7.10. The highest BCUT2D eigenvalue weighted by Gasteiger charge is 2.25. The zero-order valence-corrected chi connectivity index (χ0v) is 16.1. The van der Waals surface area contributed by atoms with Gasteiger partial charge in [0.15, 0.2) is 0 Å². The van der Waals surface area contributed by atoms with E-state index in [2.05, 4.69) is 21.2 Å². The number of rotatable bonds is 3. The number of likely N-dealkylation sites (tertiary alicyclic amines) is 1. The van der Waals surface area contributed by atoms with Gasteiger partial charge in [-0.25, -0.2) is 4.79 Å². The molecule has 1 N–H and O–H groups in total. The third kappa shape index (κ3) is 6.15. The van der Waals surface area contributed by atoms with E-state index in [1.807, 2.05) is 49.9 Å². The van der Waals surface area contributed by atoms with E-state index >= 15 is 0 Å². The smallest absolute Gasteiger partial charge is 0.407 e. The summed E-state index contributed by atoms with van der Waals surface area (Å²) < 4.78 is 6.28. The van der Waals surface area contributed by atoms with Crippen molar-refractivity contribution >= 4 is 27.9 Å². The summed E-state index contributed by atoms with van der Waals surface area (Å²) in [7, 11) is 0. The molecule has 0 radical (unpaired) electrons. The van der Waals surface area contributed by atoms with Crippen molar-refractivity contribution in [1.82, 2.24) is 10.2 Å². The fourth-order valence-corrected chi connectivity index (χ4v) is 2.90. The molecule has 1 aromatic rings. The molecule has 1 fully saturated rings. The van der Waals surface area contributed by atoms with Gasteiger partial charge in [0.05, 0.1) is 6.42 Å². The monoisotopic (exact) mass is 396 g/mol. The van der Waals surface area contributed by atoms with Crippen LogP contribution in [0.15, 0.2) is 28.7 Å². The summed E-state index contributed by atoms with van der Waals surface area (Å²) in [6, 6.07) is 7.87. The molecule has 1 saturated heterocycles. The number of hydrogen-bond acceptors (Lipinski definition) is 3. The highest BCUT2D eigenvalue weighted by atomic mass is 79.9. The maximum absolute atomic E-state index is 12.4. The van der Waals surface area contributed by atoms with Gasteiger partial charge >= 0.3 is 6.09 Å². The van der Waals surface area contributed by atoms with Crippen molar-refractivity contribution in [3.8, 4) is 0 Å². The lowest BCUT2D eigenvalue weighted by Gasteiger charge is -2.33. The van der Waals surface area contributed by atoms with E-state index in [-0.39, 0.29) is 18.0 Å². The third-order valence-electron chi connectivity index (χ3n) is 3.84. The predicted molar refractivity (Wildman–Crippen MR) is 96.8 cm³/mol. The molecule has 2 rings (SSSR count). The van der Waals surface area contributed by atoms with Crippen LogP contribution in [0.5, 0.6) is 0 Å². The van der Waals surface area contributed by atoms with Crippen LogP contribution >= 0.6 is 15.9 Å². The molecule has 5 nitrogen and oxygen atoms in total. The van der Waals surface area contributed by atoms with Crippen molar-refractivity contribution in [3.05, 3.63) is 34.3 Å². The maximum Gasteiger partial charge on any atom is 0.407 e. The average Bonchev–Trinajstić information content (AvgIpc) is 2.48. The van der Waals surface area contributed by atoms with Crippen molar-refractivity contribution in [3.63, 3.8) is 0 Å². The lowest BCUT2D eigenvalue weighted by molar-refractivity contribution is -0.131. The van der Waals surface area contributed by atoms with E-state index in [0.717, 1.165) is 22.9 Å². The quantitative estimate of drug-likeness (QED) is 0.849. The van der Waals surface area contributed by atoms with Gasteiger partial charge in [-0.1, -0.05) is 28.1 Å². The zero-order chi connectivity index (χ0) is 17.7. The lowest BCUT2D eigenvalue weighted by Crippen LogP contribution is -2.47. The molecule has 132 valence electrons. The molecule has 1 aliphatic rings. The number of carbonyl (C=O) groups excluding carboxylic acids is 2. The van der Waals surface area contributed by atoms with Crippen molar-refractivity contribution in [1.29, 1.82) is 0 Å². The Morgan fingerprint density at radius 2 is 1.79 bits per heavy atom. The zero-order valence-electron chi connectivity index (χ0n) is 14.5. The summed E-state index contributed by atoms with van der Waals surface area (Å²) in [6.45, 7) is 6.85. The number of nitrogens with one attached hydrogen (secondary N) is 1. The Bertz CT molecular complexity index is 573. The van der Waals surface area contributed by atoms with Crippen LogP contribution in [0.3, 0.4) is 0 Å². The molecule has 0 atom stereocenters. The molecule has 0 saturated carbocycles. The summed E-state index contributed by atoms with van der Waals surface area (Å²) in [6.07, 6.45) is 1.54. The van der Waals surface area contributed by atoms with Gasteiger partial charge in [-0.05, 0) is 51.3 Å². The lowest BCUT2D eigenvalue weighted by atomic mass is 10.0. The molecule has 1 aliphatic heterocycles. The first-order valence-corrected chi connectivity index (χ1v) is 9.04. The molecule has 0 unspecified atom stereocenters. The first-order chi connectivity index (χ1) is 11.2. The van der Waals surface area contributed by atoms with Crippen molar-refractivity contribution in [2.45, 2.75) is 51.7 Å². The van der Waals surface area contributed by atoms with E-state index in [9.17, 15) is 9.59 Å². The molecule has 0 bridgehead atoms. The van der Waals surface area contributed by atoms with Gasteiger partial charge in [-0.2, -0.15) is 0 Å². The molecular formula is C18H25BrN2O3. The van der Waals surface area contributed by atoms with Crippen LogP contribution in [0, 0.1) is 0 Å². The molecule has 1 aromatic carbocycles. The number of alkyl carbamates (subject to hydrolysis) is 1. The normalized spacial score (nSPS) is 15.9. The number of benzene rings is 1.